The summed E-state index contributed by atoms with van der Waals surface area (Å²) in [5, 5.41) is 6.51. The molecule has 1 fully saturated rings. The Balaban J connectivity index is 1.46. The maximum absolute atomic E-state index is 12.4. The van der Waals surface area contributed by atoms with Gasteiger partial charge in [0.1, 0.15) is 0 Å². The minimum Gasteiger partial charge on any atom is -0.378 e. The Morgan fingerprint density at radius 3 is 2.44 bits per heavy atom. The van der Waals surface area contributed by atoms with Crippen molar-refractivity contribution in [1.82, 2.24) is 10.2 Å². The molecule has 0 aromatic heterocycles. The maximum Gasteiger partial charge on any atom is 0.254 e. The van der Waals surface area contributed by atoms with Crippen LogP contribution in [0.3, 0.4) is 0 Å². The average Bonchev–Trinajstić information content (AvgIpc) is 2.72. The largest absolute Gasteiger partial charge is 0.378 e. The number of carbonyl (C=O) groups excluding carboxylic acids is 2. The highest BCUT2D eigenvalue weighted by molar-refractivity contribution is 6.31. The predicted molar refractivity (Wildman–Crippen MR) is 105 cm³/mol. The molecule has 1 aliphatic heterocycles. The van der Waals surface area contributed by atoms with Gasteiger partial charge >= 0.3 is 0 Å². The lowest BCUT2D eigenvalue weighted by Gasteiger charge is -2.26. The van der Waals surface area contributed by atoms with Gasteiger partial charge in [-0.15, -0.1) is 0 Å². The van der Waals surface area contributed by atoms with E-state index in [0.29, 0.717) is 43.4 Å². The maximum atomic E-state index is 12.4. The van der Waals surface area contributed by atoms with Crippen LogP contribution in [0.4, 0.5) is 5.69 Å². The van der Waals surface area contributed by atoms with Gasteiger partial charge in [0.2, 0.25) is 5.91 Å². The van der Waals surface area contributed by atoms with Gasteiger partial charge in [-0.3, -0.25) is 9.59 Å². The first-order chi connectivity index (χ1) is 13.1. The SMILES string of the molecule is O=C(CNc1ccc(C(=O)N2CCOCC2)cc1)NCc1ccccc1Cl. The van der Waals surface area contributed by atoms with Crippen molar-refractivity contribution in [2.45, 2.75) is 6.54 Å². The topological polar surface area (TPSA) is 70.7 Å². The fourth-order valence-corrected chi connectivity index (χ4v) is 2.96. The van der Waals surface area contributed by atoms with E-state index in [2.05, 4.69) is 10.6 Å². The number of nitrogens with one attached hydrogen (secondary N) is 2. The molecular weight excluding hydrogens is 366 g/mol. The summed E-state index contributed by atoms with van der Waals surface area (Å²) in [6.07, 6.45) is 0. The van der Waals surface area contributed by atoms with E-state index in [1.54, 1.807) is 35.2 Å². The quantitative estimate of drug-likeness (QED) is 0.799. The van der Waals surface area contributed by atoms with Gasteiger partial charge in [0.15, 0.2) is 0 Å². The monoisotopic (exact) mass is 387 g/mol. The van der Waals surface area contributed by atoms with E-state index in [4.69, 9.17) is 16.3 Å². The molecule has 7 heteroatoms. The molecule has 0 aliphatic carbocycles. The summed E-state index contributed by atoms with van der Waals surface area (Å²) in [6.45, 7) is 2.91. The van der Waals surface area contributed by atoms with Crippen molar-refractivity contribution in [1.29, 1.82) is 0 Å². The van der Waals surface area contributed by atoms with Crippen molar-refractivity contribution < 1.29 is 14.3 Å². The summed E-state index contributed by atoms with van der Waals surface area (Å²) in [6, 6.07) is 14.5. The molecule has 0 radical (unpaired) electrons. The van der Waals surface area contributed by atoms with E-state index in [1.165, 1.54) is 0 Å². The molecule has 1 aliphatic rings. The molecular formula is C20H22ClN3O3. The summed E-state index contributed by atoms with van der Waals surface area (Å²) >= 11 is 6.07. The Hall–Kier alpha value is -2.57. The van der Waals surface area contributed by atoms with Crippen LogP contribution in [-0.4, -0.2) is 49.6 Å². The highest BCUT2D eigenvalue weighted by Crippen LogP contribution is 2.14. The van der Waals surface area contributed by atoms with Crippen LogP contribution in [0.1, 0.15) is 15.9 Å². The zero-order valence-electron chi connectivity index (χ0n) is 14.9. The first-order valence-electron chi connectivity index (χ1n) is 8.84. The minimum absolute atomic E-state index is 0.00216. The fourth-order valence-electron chi connectivity index (χ4n) is 2.76. The van der Waals surface area contributed by atoms with E-state index < -0.39 is 0 Å². The van der Waals surface area contributed by atoms with Crippen molar-refractivity contribution in [3.8, 4) is 0 Å². The first kappa shape index (κ1) is 19.2. The van der Waals surface area contributed by atoms with Crippen molar-refractivity contribution in [2.75, 3.05) is 38.2 Å². The summed E-state index contributed by atoms with van der Waals surface area (Å²) in [5.74, 6) is -0.134. The van der Waals surface area contributed by atoms with Gasteiger partial charge in [-0.25, -0.2) is 0 Å². The van der Waals surface area contributed by atoms with Crippen molar-refractivity contribution in [2.24, 2.45) is 0 Å². The smallest absolute Gasteiger partial charge is 0.254 e. The second kappa shape index (κ2) is 9.39. The van der Waals surface area contributed by atoms with Gasteiger partial charge in [-0.2, -0.15) is 0 Å². The van der Waals surface area contributed by atoms with Crippen LogP contribution in [0, 0.1) is 0 Å². The number of halogens is 1. The van der Waals surface area contributed by atoms with Crippen molar-refractivity contribution in [3.05, 3.63) is 64.7 Å². The lowest BCUT2D eigenvalue weighted by molar-refractivity contribution is -0.119. The molecule has 3 rings (SSSR count). The molecule has 2 aromatic rings. The summed E-state index contributed by atoms with van der Waals surface area (Å²) in [4.78, 5) is 26.2. The number of carbonyl (C=O) groups is 2. The van der Waals surface area contributed by atoms with E-state index in [-0.39, 0.29) is 18.4 Å². The van der Waals surface area contributed by atoms with E-state index in [1.807, 2.05) is 18.2 Å². The van der Waals surface area contributed by atoms with Gasteiger partial charge in [0.05, 0.1) is 19.8 Å². The molecule has 0 saturated carbocycles. The molecule has 2 aromatic carbocycles. The standard InChI is InChI=1S/C20H22ClN3O3/c21-18-4-2-1-3-16(18)13-23-19(25)14-22-17-7-5-15(6-8-17)20(26)24-9-11-27-12-10-24/h1-8,22H,9-14H2,(H,23,25). The minimum atomic E-state index is -0.136. The number of rotatable bonds is 6. The van der Waals surface area contributed by atoms with Crippen LogP contribution < -0.4 is 10.6 Å². The normalized spacial score (nSPS) is 13.9. The summed E-state index contributed by atoms with van der Waals surface area (Å²) in [5.41, 5.74) is 2.28. The molecule has 0 bridgehead atoms. The van der Waals surface area contributed by atoms with Crippen LogP contribution in [0.25, 0.3) is 0 Å². The second-order valence-corrected chi connectivity index (χ2v) is 6.61. The highest BCUT2D eigenvalue weighted by atomic mass is 35.5. The zero-order valence-corrected chi connectivity index (χ0v) is 15.7. The third-order valence-electron chi connectivity index (χ3n) is 4.32. The number of morpholine rings is 1. The Morgan fingerprint density at radius 1 is 1.04 bits per heavy atom. The molecule has 142 valence electrons. The number of benzene rings is 2. The summed E-state index contributed by atoms with van der Waals surface area (Å²) in [7, 11) is 0. The van der Waals surface area contributed by atoms with Crippen LogP contribution in [0.5, 0.6) is 0 Å². The lowest BCUT2D eigenvalue weighted by Crippen LogP contribution is -2.40. The van der Waals surface area contributed by atoms with Crippen LogP contribution in [-0.2, 0) is 16.1 Å². The molecule has 6 nitrogen and oxygen atoms in total. The first-order valence-corrected chi connectivity index (χ1v) is 9.22. The number of nitrogens with zero attached hydrogens (tertiary/aromatic N) is 1. The van der Waals surface area contributed by atoms with Crippen molar-refractivity contribution in [3.63, 3.8) is 0 Å². The predicted octanol–water partition coefficient (Wildman–Crippen LogP) is 2.54. The van der Waals surface area contributed by atoms with Gasteiger partial charge in [0, 0.05) is 35.9 Å². The number of hydrogen-bond acceptors (Lipinski definition) is 4. The van der Waals surface area contributed by atoms with Crippen LogP contribution in [0.15, 0.2) is 48.5 Å². The Bertz CT molecular complexity index is 789. The molecule has 1 saturated heterocycles. The molecule has 0 atom stereocenters. The molecule has 0 unspecified atom stereocenters. The molecule has 2 amide bonds. The van der Waals surface area contributed by atoms with Gasteiger partial charge in [0.25, 0.3) is 5.91 Å². The molecule has 2 N–H and O–H groups in total. The average molecular weight is 388 g/mol. The second-order valence-electron chi connectivity index (χ2n) is 6.20. The van der Waals surface area contributed by atoms with E-state index in [0.717, 1.165) is 11.3 Å². The number of hydrogen-bond donors (Lipinski definition) is 2. The van der Waals surface area contributed by atoms with Crippen LogP contribution in [0.2, 0.25) is 5.02 Å². The zero-order chi connectivity index (χ0) is 19.1. The Kier molecular flexibility index (Phi) is 6.68. The lowest BCUT2D eigenvalue weighted by atomic mass is 10.1. The third kappa shape index (κ3) is 5.45. The summed E-state index contributed by atoms with van der Waals surface area (Å²) < 4.78 is 5.26. The number of anilines is 1. The molecule has 27 heavy (non-hydrogen) atoms. The number of ether oxygens (including phenoxy) is 1. The van der Waals surface area contributed by atoms with Gasteiger partial charge in [-0.1, -0.05) is 29.8 Å². The molecule has 1 heterocycles. The highest BCUT2D eigenvalue weighted by Gasteiger charge is 2.18. The third-order valence-corrected chi connectivity index (χ3v) is 4.69. The molecule has 0 spiro atoms. The van der Waals surface area contributed by atoms with Crippen molar-refractivity contribution >= 4 is 29.1 Å². The van der Waals surface area contributed by atoms with Crippen LogP contribution >= 0.6 is 11.6 Å². The Labute approximate surface area is 163 Å². The fraction of sp³-hybridized carbons (Fsp3) is 0.300. The van der Waals surface area contributed by atoms with Gasteiger partial charge < -0.3 is 20.3 Å². The van der Waals surface area contributed by atoms with E-state index in [9.17, 15) is 9.59 Å². The number of amides is 2. The van der Waals surface area contributed by atoms with E-state index >= 15 is 0 Å². The van der Waals surface area contributed by atoms with Gasteiger partial charge in [-0.05, 0) is 35.9 Å². The Morgan fingerprint density at radius 2 is 1.74 bits per heavy atom.